The minimum Gasteiger partial charge on any atom is -0.494 e. The monoisotopic (exact) mass is 347 g/mol. The van der Waals surface area contributed by atoms with Gasteiger partial charge in [-0.1, -0.05) is 13.8 Å². The molecule has 5 nitrogen and oxygen atoms in total. The van der Waals surface area contributed by atoms with E-state index in [1.807, 2.05) is 30.0 Å². The third-order valence-corrected chi connectivity index (χ3v) is 4.85. The molecule has 1 aromatic carbocycles. The van der Waals surface area contributed by atoms with Crippen LogP contribution in [0.5, 0.6) is 11.5 Å². The third kappa shape index (κ3) is 4.27. The summed E-state index contributed by atoms with van der Waals surface area (Å²) >= 11 is 0. The molecule has 1 saturated heterocycles. The Hall–Kier alpha value is -1.75. The molecule has 25 heavy (non-hydrogen) atoms. The molecule has 1 amide bonds. The Morgan fingerprint density at radius 3 is 2.96 bits per heavy atom. The second-order valence-electron chi connectivity index (χ2n) is 7.30. The SMILES string of the molecule is CCOc1ccc2c(c1)CC(C(=O)N1CCOCC1CC(C)C)CO2. The topological polar surface area (TPSA) is 48.0 Å². The number of morpholine rings is 1. The number of benzene rings is 1. The molecule has 0 aliphatic carbocycles. The van der Waals surface area contributed by atoms with E-state index in [0.29, 0.717) is 45.3 Å². The van der Waals surface area contributed by atoms with Crippen molar-refractivity contribution in [3.63, 3.8) is 0 Å². The van der Waals surface area contributed by atoms with Gasteiger partial charge in [0.25, 0.3) is 0 Å². The van der Waals surface area contributed by atoms with E-state index in [9.17, 15) is 4.79 Å². The van der Waals surface area contributed by atoms with Gasteiger partial charge >= 0.3 is 0 Å². The fourth-order valence-electron chi connectivity index (χ4n) is 3.70. The van der Waals surface area contributed by atoms with Crippen LogP contribution in [0.3, 0.4) is 0 Å². The molecule has 2 unspecified atom stereocenters. The van der Waals surface area contributed by atoms with Gasteiger partial charge in [0.15, 0.2) is 0 Å². The van der Waals surface area contributed by atoms with Crippen molar-refractivity contribution in [2.45, 2.75) is 39.7 Å². The maximum atomic E-state index is 13.1. The molecule has 2 heterocycles. The van der Waals surface area contributed by atoms with Crippen LogP contribution >= 0.6 is 0 Å². The van der Waals surface area contributed by atoms with Gasteiger partial charge in [-0.25, -0.2) is 0 Å². The van der Waals surface area contributed by atoms with Crippen LogP contribution in [0.1, 0.15) is 32.8 Å². The summed E-state index contributed by atoms with van der Waals surface area (Å²) in [4.78, 5) is 15.1. The zero-order valence-corrected chi connectivity index (χ0v) is 15.5. The van der Waals surface area contributed by atoms with Crippen LogP contribution < -0.4 is 9.47 Å². The van der Waals surface area contributed by atoms with Gasteiger partial charge in [-0.2, -0.15) is 0 Å². The van der Waals surface area contributed by atoms with Gasteiger partial charge in [-0.3, -0.25) is 4.79 Å². The number of nitrogens with zero attached hydrogens (tertiary/aromatic N) is 1. The molecule has 2 aliphatic heterocycles. The predicted molar refractivity (Wildman–Crippen MR) is 96.1 cm³/mol. The average molecular weight is 347 g/mol. The first-order valence-corrected chi connectivity index (χ1v) is 9.35. The van der Waals surface area contributed by atoms with Crippen LogP contribution in [0.25, 0.3) is 0 Å². The van der Waals surface area contributed by atoms with Crippen molar-refractivity contribution in [3.05, 3.63) is 23.8 Å². The van der Waals surface area contributed by atoms with Gasteiger partial charge in [0, 0.05) is 6.54 Å². The van der Waals surface area contributed by atoms with Gasteiger partial charge in [-0.05, 0) is 49.4 Å². The standard InChI is InChI=1S/C20H29NO4/c1-4-24-18-5-6-19-15(11-18)10-16(12-25-19)20(22)21-7-8-23-13-17(21)9-14(2)3/h5-6,11,14,16-17H,4,7-10,12-13H2,1-3H3. The minimum absolute atomic E-state index is 0.128. The minimum atomic E-state index is -0.128. The quantitative estimate of drug-likeness (QED) is 0.822. The van der Waals surface area contributed by atoms with Crippen molar-refractivity contribution in [1.82, 2.24) is 4.90 Å². The van der Waals surface area contributed by atoms with Crippen LogP contribution in [0.2, 0.25) is 0 Å². The van der Waals surface area contributed by atoms with Crippen LogP contribution in [0.15, 0.2) is 18.2 Å². The number of carbonyl (C=O) groups is 1. The van der Waals surface area contributed by atoms with Crippen molar-refractivity contribution in [3.8, 4) is 11.5 Å². The highest BCUT2D eigenvalue weighted by Crippen LogP contribution is 2.32. The Labute approximate surface area is 150 Å². The molecule has 5 heteroatoms. The lowest BCUT2D eigenvalue weighted by atomic mass is 9.93. The highest BCUT2D eigenvalue weighted by Gasteiger charge is 2.34. The number of hydrogen-bond donors (Lipinski definition) is 0. The Morgan fingerprint density at radius 2 is 2.20 bits per heavy atom. The Balaban J connectivity index is 1.71. The fourth-order valence-corrected chi connectivity index (χ4v) is 3.70. The molecule has 3 rings (SSSR count). The van der Waals surface area contributed by atoms with Crippen molar-refractivity contribution in [2.75, 3.05) is 33.0 Å². The van der Waals surface area contributed by atoms with Gasteiger partial charge in [0.1, 0.15) is 18.1 Å². The molecule has 0 aromatic heterocycles. The lowest BCUT2D eigenvalue weighted by Gasteiger charge is -2.39. The van der Waals surface area contributed by atoms with E-state index < -0.39 is 0 Å². The number of carbonyl (C=O) groups excluding carboxylic acids is 1. The highest BCUT2D eigenvalue weighted by atomic mass is 16.5. The number of rotatable bonds is 5. The van der Waals surface area contributed by atoms with Gasteiger partial charge in [-0.15, -0.1) is 0 Å². The van der Waals surface area contributed by atoms with E-state index in [1.165, 1.54) is 0 Å². The molecule has 1 aromatic rings. The average Bonchev–Trinajstić information content (AvgIpc) is 2.61. The van der Waals surface area contributed by atoms with E-state index in [1.54, 1.807) is 0 Å². The first-order valence-electron chi connectivity index (χ1n) is 9.35. The lowest BCUT2D eigenvalue weighted by Crippen LogP contribution is -2.52. The molecule has 0 bridgehead atoms. The molecule has 0 radical (unpaired) electrons. The Morgan fingerprint density at radius 1 is 1.36 bits per heavy atom. The van der Waals surface area contributed by atoms with Crippen molar-refractivity contribution >= 4 is 5.91 Å². The fraction of sp³-hybridized carbons (Fsp3) is 0.650. The lowest BCUT2D eigenvalue weighted by molar-refractivity contribution is -0.146. The van der Waals surface area contributed by atoms with Crippen LogP contribution in [0, 0.1) is 11.8 Å². The molecule has 1 fully saturated rings. The molecule has 0 spiro atoms. The number of fused-ring (bicyclic) bond motifs is 1. The summed E-state index contributed by atoms with van der Waals surface area (Å²) in [5.74, 6) is 2.31. The van der Waals surface area contributed by atoms with Crippen LogP contribution in [0.4, 0.5) is 0 Å². The number of amides is 1. The summed E-state index contributed by atoms with van der Waals surface area (Å²) in [6.45, 7) is 9.37. The molecule has 2 aliphatic rings. The molecule has 138 valence electrons. The highest BCUT2D eigenvalue weighted by molar-refractivity contribution is 5.80. The van der Waals surface area contributed by atoms with E-state index in [4.69, 9.17) is 14.2 Å². The maximum absolute atomic E-state index is 13.1. The third-order valence-electron chi connectivity index (χ3n) is 4.85. The summed E-state index contributed by atoms with van der Waals surface area (Å²) in [5.41, 5.74) is 1.06. The van der Waals surface area contributed by atoms with Gasteiger partial charge < -0.3 is 19.1 Å². The molecule has 0 N–H and O–H groups in total. The van der Waals surface area contributed by atoms with Crippen LogP contribution in [-0.2, 0) is 16.0 Å². The Bertz CT molecular complexity index is 601. The zero-order chi connectivity index (χ0) is 17.8. The number of hydrogen-bond acceptors (Lipinski definition) is 4. The van der Waals surface area contributed by atoms with Gasteiger partial charge in [0.2, 0.25) is 5.91 Å². The Kier molecular flexibility index (Phi) is 5.84. The smallest absolute Gasteiger partial charge is 0.229 e. The zero-order valence-electron chi connectivity index (χ0n) is 15.5. The second-order valence-corrected chi connectivity index (χ2v) is 7.30. The molecular weight excluding hydrogens is 318 g/mol. The predicted octanol–water partition coefficient (Wildman–Crippen LogP) is 2.91. The van der Waals surface area contributed by atoms with E-state index in [-0.39, 0.29) is 17.9 Å². The summed E-state index contributed by atoms with van der Waals surface area (Å²) in [6.07, 6.45) is 1.69. The van der Waals surface area contributed by atoms with Crippen molar-refractivity contribution in [1.29, 1.82) is 0 Å². The maximum Gasteiger partial charge on any atom is 0.229 e. The van der Waals surface area contributed by atoms with E-state index in [0.717, 1.165) is 23.5 Å². The largest absolute Gasteiger partial charge is 0.494 e. The van der Waals surface area contributed by atoms with Crippen molar-refractivity contribution < 1.29 is 19.0 Å². The first-order chi connectivity index (χ1) is 12.1. The van der Waals surface area contributed by atoms with Gasteiger partial charge in [0.05, 0.1) is 31.8 Å². The molecule has 0 saturated carbocycles. The van der Waals surface area contributed by atoms with Crippen LogP contribution in [-0.4, -0.2) is 49.8 Å². The number of ether oxygens (including phenoxy) is 3. The summed E-state index contributed by atoms with van der Waals surface area (Å²) < 4.78 is 17.0. The van der Waals surface area contributed by atoms with E-state index in [2.05, 4.69) is 13.8 Å². The first kappa shape index (κ1) is 18.1. The van der Waals surface area contributed by atoms with E-state index >= 15 is 0 Å². The summed E-state index contributed by atoms with van der Waals surface area (Å²) in [7, 11) is 0. The summed E-state index contributed by atoms with van der Waals surface area (Å²) in [6, 6.07) is 6.04. The normalized spacial score (nSPS) is 23.1. The summed E-state index contributed by atoms with van der Waals surface area (Å²) in [5, 5.41) is 0. The molecule has 2 atom stereocenters. The van der Waals surface area contributed by atoms with Crippen molar-refractivity contribution in [2.24, 2.45) is 11.8 Å². The molecular formula is C20H29NO4. The second kappa shape index (κ2) is 8.09.